The van der Waals surface area contributed by atoms with E-state index in [2.05, 4.69) is 10.3 Å². The molecule has 13 heavy (non-hydrogen) atoms. The lowest BCUT2D eigenvalue weighted by atomic mass is 10.3. The highest BCUT2D eigenvalue weighted by Gasteiger charge is 2.03. The largest absolute Gasteiger partial charge is 0.316 e. The van der Waals surface area contributed by atoms with Gasteiger partial charge in [0.15, 0.2) is 0 Å². The smallest absolute Gasteiger partial charge is 0.225 e. The number of carbonyl (C=O) groups excluding carboxylic acids is 2. The van der Waals surface area contributed by atoms with Crippen LogP contribution in [0.5, 0.6) is 0 Å². The number of rotatable bonds is 4. The second-order valence-electron chi connectivity index (χ2n) is 2.50. The minimum atomic E-state index is -0.143. The van der Waals surface area contributed by atoms with E-state index >= 15 is 0 Å². The van der Waals surface area contributed by atoms with Gasteiger partial charge in [-0.1, -0.05) is 0 Å². The van der Waals surface area contributed by atoms with Gasteiger partial charge in [0.1, 0.15) is 11.3 Å². The lowest BCUT2D eigenvalue weighted by Gasteiger charge is -1.97. The summed E-state index contributed by atoms with van der Waals surface area (Å²) in [6.07, 6.45) is 2.85. The van der Waals surface area contributed by atoms with E-state index in [4.69, 9.17) is 0 Å². The van der Waals surface area contributed by atoms with Crippen molar-refractivity contribution in [1.29, 1.82) is 0 Å². The summed E-state index contributed by atoms with van der Waals surface area (Å²) in [4.78, 5) is 25.0. The van der Waals surface area contributed by atoms with Gasteiger partial charge in [0.2, 0.25) is 5.91 Å². The molecule has 1 aromatic rings. The summed E-state index contributed by atoms with van der Waals surface area (Å²) in [6, 6.07) is 0. The Labute approximate surface area is 80.0 Å². The van der Waals surface area contributed by atoms with Gasteiger partial charge in [-0.3, -0.25) is 4.79 Å². The Balaban J connectivity index is 2.40. The van der Waals surface area contributed by atoms with Gasteiger partial charge < -0.3 is 10.1 Å². The highest BCUT2D eigenvalue weighted by Crippen LogP contribution is 2.17. The van der Waals surface area contributed by atoms with E-state index < -0.39 is 0 Å². The Morgan fingerprint density at radius 2 is 2.54 bits per heavy atom. The Morgan fingerprint density at radius 1 is 1.77 bits per heavy atom. The van der Waals surface area contributed by atoms with Gasteiger partial charge in [0.05, 0.1) is 11.2 Å². The number of nitrogens with zero attached hydrogens (tertiary/aromatic N) is 1. The third-order valence-corrected chi connectivity index (χ3v) is 2.20. The van der Waals surface area contributed by atoms with Crippen LogP contribution < -0.4 is 5.32 Å². The first kappa shape index (κ1) is 9.85. The average Bonchev–Trinajstić information content (AvgIpc) is 2.48. The van der Waals surface area contributed by atoms with Gasteiger partial charge in [0, 0.05) is 12.8 Å². The number of aryl methyl sites for hydroxylation is 1. The highest BCUT2D eigenvalue weighted by atomic mass is 32.1. The monoisotopic (exact) mass is 198 g/mol. The van der Waals surface area contributed by atoms with Crippen molar-refractivity contribution in [3.8, 4) is 0 Å². The second kappa shape index (κ2) is 4.71. The number of hydrogen-bond donors (Lipinski definition) is 1. The summed E-state index contributed by atoms with van der Waals surface area (Å²) >= 11 is 1.42. The number of hydrogen-bond acceptors (Lipinski definition) is 4. The zero-order chi connectivity index (χ0) is 9.68. The molecule has 0 saturated carbocycles. The van der Waals surface area contributed by atoms with E-state index in [1.165, 1.54) is 11.3 Å². The fraction of sp³-hybridized carbons (Fsp3) is 0.375. The van der Waals surface area contributed by atoms with Gasteiger partial charge >= 0.3 is 0 Å². The van der Waals surface area contributed by atoms with Crippen molar-refractivity contribution in [2.24, 2.45) is 0 Å². The first-order chi connectivity index (χ1) is 6.22. The van der Waals surface area contributed by atoms with E-state index in [0.29, 0.717) is 0 Å². The molecule has 0 aromatic carbocycles. The molecule has 4 nitrogen and oxygen atoms in total. The van der Waals surface area contributed by atoms with Crippen molar-refractivity contribution in [1.82, 2.24) is 4.98 Å². The Kier molecular flexibility index (Phi) is 3.57. The molecule has 0 atom stereocenters. The Hall–Kier alpha value is -1.23. The molecule has 0 unspecified atom stereocenters. The molecule has 1 amide bonds. The van der Waals surface area contributed by atoms with E-state index in [9.17, 15) is 9.59 Å². The first-order valence-corrected chi connectivity index (χ1v) is 4.70. The molecule has 0 bridgehead atoms. The van der Waals surface area contributed by atoms with Crippen LogP contribution in [0.2, 0.25) is 0 Å². The van der Waals surface area contributed by atoms with Crippen LogP contribution in [0.1, 0.15) is 17.8 Å². The summed E-state index contributed by atoms with van der Waals surface area (Å²) in [5, 5.41) is 4.29. The van der Waals surface area contributed by atoms with Crippen molar-refractivity contribution in [2.75, 3.05) is 5.32 Å². The van der Waals surface area contributed by atoms with E-state index in [1.54, 1.807) is 6.20 Å². The molecule has 0 aliphatic heterocycles. The summed E-state index contributed by atoms with van der Waals surface area (Å²) in [5.41, 5.74) is 0. The molecule has 1 rings (SSSR count). The normalized spacial score (nSPS) is 9.62. The zero-order valence-corrected chi connectivity index (χ0v) is 8.06. The average molecular weight is 198 g/mol. The molecule has 1 N–H and O–H groups in total. The maximum absolute atomic E-state index is 11.1. The Morgan fingerprint density at radius 3 is 3.08 bits per heavy atom. The molecule has 1 heterocycles. The molecule has 0 aliphatic carbocycles. The minimum Gasteiger partial charge on any atom is -0.316 e. The molecule has 0 saturated heterocycles. The molecule has 0 fully saturated rings. The van der Waals surface area contributed by atoms with Crippen molar-refractivity contribution >= 4 is 28.5 Å². The van der Waals surface area contributed by atoms with Gasteiger partial charge in [-0.05, 0) is 6.92 Å². The first-order valence-electron chi connectivity index (χ1n) is 3.88. The van der Waals surface area contributed by atoms with E-state index in [-0.39, 0.29) is 18.7 Å². The predicted octanol–water partition coefficient (Wildman–Crippen LogP) is 1.37. The third kappa shape index (κ3) is 3.33. The van der Waals surface area contributed by atoms with Gasteiger partial charge in [-0.15, -0.1) is 11.3 Å². The summed E-state index contributed by atoms with van der Waals surface area (Å²) in [6.45, 7) is 1.87. The standard InChI is InChI=1S/C8H10N2O2S/c1-6-9-5-8(13-6)10-7(12)3-2-4-11/h4-5H,2-3H2,1H3,(H,10,12). The molecule has 0 spiro atoms. The van der Waals surface area contributed by atoms with Crippen LogP contribution in [-0.4, -0.2) is 17.2 Å². The minimum absolute atomic E-state index is 0.143. The Bertz CT molecular complexity index is 309. The zero-order valence-electron chi connectivity index (χ0n) is 7.24. The molecule has 5 heteroatoms. The van der Waals surface area contributed by atoms with Crippen LogP contribution in [0, 0.1) is 6.92 Å². The van der Waals surface area contributed by atoms with Crippen molar-refractivity contribution in [3.63, 3.8) is 0 Å². The van der Waals surface area contributed by atoms with Gasteiger partial charge in [-0.2, -0.15) is 0 Å². The number of carbonyl (C=O) groups is 2. The SMILES string of the molecule is Cc1ncc(NC(=O)CCC=O)s1. The van der Waals surface area contributed by atoms with Crippen LogP contribution in [0.25, 0.3) is 0 Å². The van der Waals surface area contributed by atoms with Crippen molar-refractivity contribution < 1.29 is 9.59 Å². The third-order valence-electron chi connectivity index (χ3n) is 1.37. The number of aromatic nitrogens is 1. The van der Waals surface area contributed by atoms with Crippen LogP contribution in [0.3, 0.4) is 0 Å². The topological polar surface area (TPSA) is 59.1 Å². The maximum Gasteiger partial charge on any atom is 0.225 e. The second-order valence-corrected chi connectivity index (χ2v) is 3.73. The molecule has 1 aromatic heterocycles. The van der Waals surface area contributed by atoms with E-state index in [0.717, 1.165) is 16.3 Å². The summed E-state index contributed by atoms with van der Waals surface area (Å²) in [5.74, 6) is -0.143. The molecular weight excluding hydrogens is 188 g/mol. The van der Waals surface area contributed by atoms with Crippen LogP contribution in [0.4, 0.5) is 5.00 Å². The fourth-order valence-electron chi connectivity index (χ4n) is 0.809. The lowest BCUT2D eigenvalue weighted by molar-refractivity contribution is -0.118. The summed E-state index contributed by atoms with van der Waals surface area (Å²) < 4.78 is 0. The molecule has 70 valence electrons. The number of aldehydes is 1. The van der Waals surface area contributed by atoms with Crippen molar-refractivity contribution in [3.05, 3.63) is 11.2 Å². The molecular formula is C8H10N2O2S. The van der Waals surface area contributed by atoms with Gasteiger partial charge in [-0.25, -0.2) is 4.98 Å². The lowest BCUT2D eigenvalue weighted by Crippen LogP contribution is -2.09. The fourth-order valence-corrected chi connectivity index (χ4v) is 1.50. The van der Waals surface area contributed by atoms with Crippen LogP contribution >= 0.6 is 11.3 Å². The molecule has 0 aliphatic rings. The number of nitrogens with one attached hydrogen (secondary N) is 1. The summed E-state index contributed by atoms with van der Waals surface area (Å²) in [7, 11) is 0. The predicted molar refractivity (Wildman–Crippen MR) is 50.8 cm³/mol. The maximum atomic E-state index is 11.1. The van der Waals surface area contributed by atoms with Crippen molar-refractivity contribution in [2.45, 2.75) is 19.8 Å². The van der Waals surface area contributed by atoms with Gasteiger partial charge in [0.25, 0.3) is 0 Å². The molecule has 0 radical (unpaired) electrons. The quantitative estimate of drug-likeness (QED) is 0.743. The van der Waals surface area contributed by atoms with Crippen LogP contribution in [-0.2, 0) is 9.59 Å². The van der Waals surface area contributed by atoms with E-state index in [1.807, 2.05) is 6.92 Å². The number of thiazole rings is 1. The van der Waals surface area contributed by atoms with Crippen LogP contribution in [0.15, 0.2) is 6.20 Å². The highest BCUT2D eigenvalue weighted by molar-refractivity contribution is 7.15. The number of anilines is 1. The number of amides is 1.